The third kappa shape index (κ3) is 12.0. The average Bonchev–Trinajstić information content (AvgIpc) is 2.88. The largest absolute Gasteiger partial charge is 0.859 e. The van der Waals surface area contributed by atoms with Crippen molar-refractivity contribution in [1.82, 2.24) is 56.0 Å². The third-order valence-electron chi connectivity index (χ3n) is 7.40. The van der Waals surface area contributed by atoms with Gasteiger partial charge in [0.05, 0.1) is 0 Å². The first-order chi connectivity index (χ1) is 22.1. The number of nitrogens with zero attached hydrogens (tertiary/aromatic N) is 16. The molecule has 0 aliphatic rings. The highest BCUT2D eigenvalue weighted by molar-refractivity contribution is 7.87. The molecule has 23 heteroatoms. The second-order valence-electron chi connectivity index (χ2n) is 15.3. The van der Waals surface area contributed by atoms with Crippen LogP contribution in [0.15, 0.2) is 18.1 Å². The molecule has 304 valence electrons. The molecule has 0 aromatic heterocycles. The van der Waals surface area contributed by atoms with Crippen molar-refractivity contribution in [3.63, 3.8) is 0 Å². The second kappa shape index (κ2) is 20.3. The first-order valence-corrected chi connectivity index (χ1v) is 27.8. The molecule has 0 saturated carbocycles. The van der Waals surface area contributed by atoms with Gasteiger partial charge in [-0.1, -0.05) is 28.0 Å². The van der Waals surface area contributed by atoms with E-state index < -0.39 is 46.2 Å². The van der Waals surface area contributed by atoms with Gasteiger partial charge in [0, 0.05) is 0 Å². The smallest absolute Gasteiger partial charge is 0.502 e. The van der Waals surface area contributed by atoms with E-state index in [1.165, 1.54) is 0 Å². The van der Waals surface area contributed by atoms with Crippen LogP contribution in [0.25, 0.3) is 0 Å². The molecular weight excluding hydrogens is 747 g/mol. The van der Waals surface area contributed by atoms with Gasteiger partial charge in [0.15, 0.2) is 0 Å². The van der Waals surface area contributed by atoms with E-state index in [4.69, 9.17) is 18.1 Å². The standard InChI is InChI=1S/C24H72N16P5.C3H9OSi/c1-29(2)42(30(3)4,31(5)6)25-41(26-43(32(7)8,33(9)10)34(11)12,27-44(35(13)14,36(15)16)37(17)18)28-45(38(19)20,39(21)22)40(23)24;1-5(2,3)4/h1-24H3;1-3H3/q+1;-1. The summed E-state index contributed by atoms with van der Waals surface area (Å²) in [6.45, 7) is 5.31. The van der Waals surface area contributed by atoms with E-state index in [9.17, 15) is 4.80 Å². The van der Waals surface area contributed by atoms with Crippen LogP contribution in [0, 0.1) is 0 Å². The van der Waals surface area contributed by atoms with Crippen molar-refractivity contribution >= 4 is 46.2 Å². The molecule has 0 unspecified atom stereocenters. The summed E-state index contributed by atoms with van der Waals surface area (Å²) >= 11 is 0. The number of hydrogen-bond donors (Lipinski definition) is 0. The minimum absolute atomic E-state index is 1.77. The molecule has 50 heavy (non-hydrogen) atoms. The van der Waals surface area contributed by atoms with Gasteiger partial charge in [-0.25, -0.2) is 56.0 Å². The van der Waals surface area contributed by atoms with Crippen LogP contribution in [0.5, 0.6) is 0 Å². The predicted molar refractivity (Wildman–Crippen MR) is 232 cm³/mol. The molecule has 0 rings (SSSR count). The molecular formula is C27H81N16OP5Si. The molecule has 0 spiro atoms. The van der Waals surface area contributed by atoms with E-state index >= 15 is 0 Å². The lowest BCUT2D eigenvalue weighted by Crippen LogP contribution is -2.38. The molecule has 17 nitrogen and oxygen atoms in total. The molecule has 0 fully saturated rings. The summed E-state index contributed by atoms with van der Waals surface area (Å²) in [5.74, 6) is 0. The normalized spacial score (nSPS) is 14.6. The average molecular weight is 829 g/mol. The number of hydrogen-bond acceptors (Lipinski definition) is 5. The zero-order valence-electron chi connectivity index (χ0n) is 37.3. The zero-order chi connectivity index (χ0) is 40.8. The fourth-order valence-corrected chi connectivity index (χ4v) is 30.2. The zero-order valence-corrected chi connectivity index (χ0v) is 42.8. The van der Waals surface area contributed by atoms with E-state index in [0.717, 1.165) is 0 Å². The number of rotatable bonds is 16. The fraction of sp³-hybridized carbons (Fsp3) is 1.00. The van der Waals surface area contributed by atoms with Crippen molar-refractivity contribution < 1.29 is 4.80 Å². The summed E-state index contributed by atoms with van der Waals surface area (Å²) in [6.07, 6.45) is 0. The first-order valence-electron chi connectivity index (χ1n) is 16.4. The summed E-state index contributed by atoms with van der Waals surface area (Å²) in [7, 11) is 35.0. The molecule has 0 heterocycles. The molecule has 0 atom stereocenters. The van der Waals surface area contributed by atoms with Crippen LogP contribution in [-0.2, 0) is 0 Å². The van der Waals surface area contributed by atoms with Gasteiger partial charge in [0.2, 0.25) is 30.0 Å². The second-order valence-corrected chi connectivity index (χ2v) is 37.4. The lowest BCUT2D eigenvalue weighted by atomic mass is 11.2. The monoisotopic (exact) mass is 829 g/mol. The Balaban J connectivity index is 0. The molecule has 0 saturated heterocycles. The van der Waals surface area contributed by atoms with E-state index in [1.54, 1.807) is 19.6 Å². The molecule has 0 N–H and O–H groups in total. The summed E-state index contributed by atoms with van der Waals surface area (Å²) in [4.78, 5) is 10.2. The third-order valence-corrected chi connectivity index (χ3v) is 28.0. The Kier molecular flexibility index (Phi) is 21.6. The lowest BCUT2D eigenvalue weighted by Gasteiger charge is -2.44. The topological polar surface area (TPSA) is 111 Å². The van der Waals surface area contributed by atoms with Gasteiger partial charge >= 0.3 is 7.87 Å². The summed E-state index contributed by atoms with van der Waals surface area (Å²) in [5.41, 5.74) is 0. The summed E-state index contributed by atoms with van der Waals surface area (Å²) in [6, 6.07) is 0. The van der Waals surface area contributed by atoms with Crippen molar-refractivity contribution in [2.24, 2.45) is 18.1 Å². The molecule has 0 aliphatic heterocycles. The molecule has 0 amide bonds. The molecule has 0 aliphatic carbocycles. The maximum absolute atomic E-state index is 10.2. The van der Waals surface area contributed by atoms with Crippen molar-refractivity contribution in [3.05, 3.63) is 0 Å². The minimum Gasteiger partial charge on any atom is -0.859 e. The molecule has 0 bridgehead atoms. The summed E-state index contributed by atoms with van der Waals surface area (Å²) < 4.78 is 51.2. The molecule has 0 aromatic carbocycles. The van der Waals surface area contributed by atoms with Crippen LogP contribution in [0.1, 0.15) is 0 Å². The summed E-state index contributed by atoms with van der Waals surface area (Å²) in [5, 5.41) is 0. The Hall–Kier alpha value is 1.05. The Labute approximate surface area is 313 Å². The maximum Gasteiger partial charge on any atom is 0.502 e. The lowest BCUT2D eigenvalue weighted by molar-refractivity contribution is -0.203. The van der Waals surface area contributed by atoms with E-state index in [1.807, 2.05) is 0 Å². The van der Waals surface area contributed by atoms with Crippen LogP contribution < -0.4 is 4.80 Å². The van der Waals surface area contributed by atoms with Gasteiger partial charge < -0.3 is 4.80 Å². The van der Waals surface area contributed by atoms with Crippen LogP contribution in [0.3, 0.4) is 0 Å². The van der Waals surface area contributed by atoms with Crippen molar-refractivity contribution in [1.29, 1.82) is 0 Å². The van der Waals surface area contributed by atoms with Crippen LogP contribution in [0.2, 0.25) is 19.6 Å². The van der Waals surface area contributed by atoms with Crippen LogP contribution >= 0.6 is 37.9 Å². The molecule has 0 radical (unpaired) electrons. The van der Waals surface area contributed by atoms with Crippen LogP contribution in [-0.4, -0.2) is 234 Å². The van der Waals surface area contributed by atoms with E-state index in [0.29, 0.717) is 0 Å². The van der Waals surface area contributed by atoms with Crippen molar-refractivity contribution in [3.8, 4) is 0 Å². The SMILES string of the molecule is CN(C)P(=N[P+](N=P(N(C)C)(N(C)C)N(C)C)(N=P(N(C)C)(N(C)C)N(C)C)N=P(N(C)C)(N(C)C)N(C)C)(N(C)C)N(C)C.C[Si](C)(C)[O-]. The molecule has 0 aromatic rings. The van der Waals surface area contributed by atoms with Gasteiger partial charge in [0.25, 0.3) is 0 Å². The van der Waals surface area contributed by atoms with Crippen molar-refractivity contribution in [2.45, 2.75) is 19.6 Å². The quantitative estimate of drug-likeness (QED) is 0.147. The Morgan fingerprint density at radius 3 is 0.440 bits per heavy atom. The fourth-order valence-electron chi connectivity index (χ4n) is 6.00. The maximum atomic E-state index is 10.2. The van der Waals surface area contributed by atoms with Crippen molar-refractivity contribution in [2.75, 3.05) is 169 Å². The highest BCUT2D eigenvalue weighted by Crippen LogP contribution is 2.86. The van der Waals surface area contributed by atoms with Gasteiger partial charge in [-0.2, -0.15) is 0 Å². The highest BCUT2D eigenvalue weighted by atomic mass is 31.3. The van der Waals surface area contributed by atoms with Gasteiger partial charge in [-0.15, -0.1) is 0 Å². The van der Waals surface area contributed by atoms with Gasteiger partial charge in [-0.3, -0.25) is 0 Å². The van der Waals surface area contributed by atoms with Gasteiger partial charge in [0.1, 0.15) is 0 Å². The highest BCUT2D eigenvalue weighted by Gasteiger charge is 2.56. The first kappa shape index (κ1) is 53.1. The van der Waals surface area contributed by atoms with Crippen LogP contribution in [0.4, 0.5) is 0 Å². The Bertz CT molecular complexity index is 973. The van der Waals surface area contributed by atoms with Gasteiger partial charge in [-0.05, 0) is 187 Å². The Morgan fingerprint density at radius 2 is 0.380 bits per heavy atom. The van der Waals surface area contributed by atoms with E-state index in [-0.39, 0.29) is 0 Å². The predicted octanol–water partition coefficient (Wildman–Crippen LogP) is 5.37. The Morgan fingerprint density at radius 1 is 0.300 bits per heavy atom. The van der Waals surface area contributed by atoms with E-state index in [2.05, 4.69) is 225 Å². The minimum atomic E-state index is -3.43.